The molecule has 0 aliphatic rings. The molecular formula is C9H19N. The van der Waals surface area contributed by atoms with Crippen LogP contribution in [0.15, 0.2) is 11.8 Å². The van der Waals surface area contributed by atoms with Gasteiger partial charge in [-0.15, -0.1) is 0 Å². The first-order valence-corrected chi connectivity index (χ1v) is 4.13. The van der Waals surface area contributed by atoms with Gasteiger partial charge in [0.25, 0.3) is 0 Å². The smallest absolute Gasteiger partial charge is 0.00634 e. The van der Waals surface area contributed by atoms with Gasteiger partial charge < -0.3 is 5.32 Å². The Bertz CT molecular complexity index is 99.3. The van der Waals surface area contributed by atoms with Crippen molar-refractivity contribution in [3.8, 4) is 0 Å². The maximum atomic E-state index is 3.18. The summed E-state index contributed by atoms with van der Waals surface area (Å²) in [5, 5.41) is 3.18. The van der Waals surface area contributed by atoms with E-state index < -0.39 is 0 Å². The topological polar surface area (TPSA) is 12.0 Å². The van der Waals surface area contributed by atoms with Crippen LogP contribution in [0.5, 0.6) is 0 Å². The fourth-order valence-corrected chi connectivity index (χ4v) is 0.839. The molecule has 0 fully saturated rings. The zero-order chi connectivity index (χ0) is 7.98. The first kappa shape index (κ1) is 9.54. The van der Waals surface area contributed by atoms with E-state index in [1.165, 1.54) is 12.1 Å². The summed E-state index contributed by atoms with van der Waals surface area (Å²) in [5.41, 5.74) is 1.36. The monoisotopic (exact) mass is 141 g/mol. The fourth-order valence-electron chi connectivity index (χ4n) is 0.839. The zero-order valence-electron chi connectivity index (χ0n) is 7.57. The molecule has 0 aromatic carbocycles. The Labute approximate surface area is 64.5 Å². The van der Waals surface area contributed by atoms with Gasteiger partial charge in [-0.2, -0.15) is 0 Å². The molecule has 0 aliphatic carbocycles. The predicted octanol–water partition coefficient (Wildman–Crippen LogP) is 2.55. The van der Waals surface area contributed by atoms with Crippen molar-refractivity contribution in [3.05, 3.63) is 11.8 Å². The van der Waals surface area contributed by atoms with Gasteiger partial charge >= 0.3 is 0 Å². The van der Waals surface area contributed by atoms with E-state index >= 15 is 0 Å². The van der Waals surface area contributed by atoms with E-state index in [0.29, 0.717) is 5.92 Å². The largest absolute Gasteiger partial charge is 0.392 e. The van der Waals surface area contributed by atoms with Gasteiger partial charge in [0, 0.05) is 12.7 Å². The van der Waals surface area contributed by atoms with Crippen LogP contribution in [0.2, 0.25) is 0 Å². The molecule has 1 unspecified atom stereocenters. The van der Waals surface area contributed by atoms with Crippen molar-refractivity contribution in [1.29, 1.82) is 0 Å². The van der Waals surface area contributed by atoms with Gasteiger partial charge in [0.15, 0.2) is 0 Å². The Hall–Kier alpha value is -0.460. The van der Waals surface area contributed by atoms with E-state index in [9.17, 15) is 0 Å². The summed E-state index contributed by atoms with van der Waals surface area (Å²) in [6.45, 7) is 6.63. The molecule has 0 bridgehead atoms. The molecule has 0 saturated carbocycles. The lowest BCUT2D eigenvalue weighted by atomic mass is 10.1. The Morgan fingerprint density at radius 1 is 1.50 bits per heavy atom. The molecule has 60 valence electrons. The molecule has 0 aromatic heterocycles. The molecule has 1 nitrogen and oxygen atoms in total. The van der Waals surface area contributed by atoms with E-state index in [0.717, 1.165) is 6.42 Å². The number of hydrogen-bond donors (Lipinski definition) is 1. The zero-order valence-corrected chi connectivity index (χ0v) is 7.57. The summed E-state index contributed by atoms with van der Waals surface area (Å²) >= 11 is 0. The first-order chi connectivity index (χ1) is 4.74. The molecule has 10 heavy (non-hydrogen) atoms. The van der Waals surface area contributed by atoms with Crippen molar-refractivity contribution < 1.29 is 0 Å². The molecular weight excluding hydrogens is 122 g/mol. The van der Waals surface area contributed by atoms with Crippen molar-refractivity contribution in [2.75, 3.05) is 7.05 Å². The average Bonchev–Trinajstić information content (AvgIpc) is 1.99. The van der Waals surface area contributed by atoms with Crippen molar-refractivity contribution >= 4 is 0 Å². The number of rotatable bonds is 4. The second-order valence-electron chi connectivity index (χ2n) is 2.68. The molecule has 0 aliphatic heterocycles. The molecule has 0 spiro atoms. The third kappa shape index (κ3) is 3.54. The van der Waals surface area contributed by atoms with Gasteiger partial charge in [0.05, 0.1) is 0 Å². The van der Waals surface area contributed by atoms with Crippen LogP contribution < -0.4 is 5.32 Å². The lowest BCUT2D eigenvalue weighted by Crippen LogP contribution is -2.06. The lowest BCUT2D eigenvalue weighted by Gasteiger charge is -2.06. The van der Waals surface area contributed by atoms with Crippen LogP contribution in [0.3, 0.4) is 0 Å². The predicted molar refractivity (Wildman–Crippen MR) is 46.9 cm³/mol. The van der Waals surface area contributed by atoms with Crippen molar-refractivity contribution in [1.82, 2.24) is 5.32 Å². The molecule has 0 rings (SSSR count). The van der Waals surface area contributed by atoms with E-state index in [4.69, 9.17) is 0 Å². The maximum Gasteiger partial charge on any atom is 0.00634 e. The van der Waals surface area contributed by atoms with E-state index in [-0.39, 0.29) is 0 Å². The van der Waals surface area contributed by atoms with Crippen LogP contribution in [0.1, 0.15) is 33.6 Å². The summed E-state index contributed by atoms with van der Waals surface area (Å²) < 4.78 is 0. The highest BCUT2D eigenvalue weighted by Gasteiger charge is 1.94. The highest BCUT2D eigenvalue weighted by atomic mass is 14.8. The van der Waals surface area contributed by atoms with Gasteiger partial charge in [-0.25, -0.2) is 0 Å². The summed E-state index contributed by atoms with van der Waals surface area (Å²) in [5.74, 6) is 0.711. The van der Waals surface area contributed by atoms with Gasteiger partial charge in [-0.05, 0) is 12.3 Å². The highest BCUT2D eigenvalue weighted by Crippen LogP contribution is 2.06. The van der Waals surface area contributed by atoms with Gasteiger partial charge in [0.2, 0.25) is 0 Å². The van der Waals surface area contributed by atoms with Gasteiger partial charge in [0.1, 0.15) is 0 Å². The molecule has 1 heteroatoms. The second-order valence-corrected chi connectivity index (χ2v) is 2.68. The summed E-state index contributed by atoms with van der Waals surface area (Å²) in [6.07, 6.45) is 4.64. The minimum absolute atomic E-state index is 0.711. The fraction of sp³-hybridized carbons (Fsp3) is 0.778. The van der Waals surface area contributed by atoms with E-state index in [1.807, 2.05) is 7.05 Å². The summed E-state index contributed by atoms with van der Waals surface area (Å²) in [7, 11) is 1.98. The van der Waals surface area contributed by atoms with Crippen molar-refractivity contribution in [3.63, 3.8) is 0 Å². The number of nitrogens with one attached hydrogen (secondary N) is 1. The van der Waals surface area contributed by atoms with Crippen LogP contribution in [-0.4, -0.2) is 7.05 Å². The van der Waals surface area contributed by atoms with Crippen molar-refractivity contribution in [2.24, 2.45) is 5.92 Å². The van der Waals surface area contributed by atoms with E-state index in [2.05, 4.69) is 32.2 Å². The minimum atomic E-state index is 0.711. The Kier molecular flexibility index (Phi) is 5.09. The first-order valence-electron chi connectivity index (χ1n) is 4.13. The summed E-state index contributed by atoms with van der Waals surface area (Å²) in [4.78, 5) is 0. The van der Waals surface area contributed by atoms with Gasteiger partial charge in [-0.3, -0.25) is 0 Å². The molecule has 0 aromatic rings. The molecule has 0 heterocycles. The second kappa shape index (κ2) is 5.33. The Morgan fingerprint density at radius 2 is 2.10 bits per heavy atom. The third-order valence-electron chi connectivity index (χ3n) is 1.83. The van der Waals surface area contributed by atoms with Gasteiger partial charge in [-0.1, -0.05) is 33.3 Å². The third-order valence-corrected chi connectivity index (χ3v) is 1.83. The molecule has 0 amide bonds. The number of allylic oxidation sites excluding steroid dienone is 2. The molecule has 0 radical (unpaired) electrons. The summed E-state index contributed by atoms with van der Waals surface area (Å²) in [6, 6.07) is 0. The normalized spacial score (nSPS) is 15.0. The number of hydrogen-bond acceptors (Lipinski definition) is 1. The lowest BCUT2D eigenvalue weighted by molar-refractivity contribution is 0.679. The van der Waals surface area contributed by atoms with Crippen LogP contribution in [0, 0.1) is 5.92 Å². The van der Waals surface area contributed by atoms with E-state index in [1.54, 1.807) is 0 Å². The molecule has 0 saturated heterocycles. The Balaban J connectivity index is 3.83. The quantitative estimate of drug-likeness (QED) is 0.634. The van der Waals surface area contributed by atoms with Crippen LogP contribution >= 0.6 is 0 Å². The minimum Gasteiger partial charge on any atom is -0.392 e. The standard InChI is InChI=1S/C9H19N/c1-5-8(3)7-9(6-2)10-4/h7-8,10H,5-6H2,1-4H3/b9-7+. The average molecular weight is 141 g/mol. The van der Waals surface area contributed by atoms with Crippen LogP contribution in [0.25, 0.3) is 0 Å². The molecule has 1 atom stereocenters. The van der Waals surface area contributed by atoms with Crippen molar-refractivity contribution in [2.45, 2.75) is 33.6 Å². The maximum absolute atomic E-state index is 3.18. The van der Waals surface area contributed by atoms with Crippen LogP contribution in [0.4, 0.5) is 0 Å². The SMILES string of the molecule is CC/C(=C\C(C)CC)NC. The molecule has 1 N–H and O–H groups in total. The Morgan fingerprint density at radius 3 is 2.40 bits per heavy atom. The van der Waals surface area contributed by atoms with Crippen LogP contribution in [-0.2, 0) is 0 Å². The highest BCUT2D eigenvalue weighted by molar-refractivity contribution is 4.99.